The van der Waals surface area contributed by atoms with Gasteiger partial charge < -0.3 is 5.32 Å². The van der Waals surface area contributed by atoms with E-state index in [0.717, 1.165) is 4.47 Å². The normalized spacial score (nSPS) is 10.8. The predicted octanol–water partition coefficient (Wildman–Crippen LogP) is 3.04. The third-order valence-corrected chi connectivity index (χ3v) is 5.29. The van der Waals surface area contributed by atoms with E-state index in [0.29, 0.717) is 11.3 Å². The van der Waals surface area contributed by atoms with Crippen LogP contribution in [0.5, 0.6) is 0 Å². The molecule has 0 spiro atoms. The van der Waals surface area contributed by atoms with E-state index in [1.807, 2.05) is 6.07 Å². The van der Waals surface area contributed by atoms with Crippen LogP contribution in [0.4, 0.5) is 5.69 Å². The van der Waals surface area contributed by atoms with E-state index in [1.165, 1.54) is 18.2 Å². The van der Waals surface area contributed by atoms with Crippen LogP contribution in [0.25, 0.3) is 0 Å². The van der Waals surface area contributed by atoms with E-state index in [1.54, 1.807) is 30.3 Å². The van der Waals surface area contributed by atoms with E-state index in [4.69, 9.17) is 12.2 Å². The van der Waals surface area contributed by atoms with Crippen LogP contribution in [0.2, 0.25) is 0 Å². The Bertz CT molecular complexity index is 929. The largest absolute Gasteiger partial charge is 0.332 e. The van der Waals surface area contributed by atoms with Gasteiger partial charge in [0.1, 0.15) is 0 Å². The molecule has 136 valence electrons. The summed E-state index contributed by atoms with van der Waals surface area (Å²) in [6.07, 6.45) is 1.46. The molecule has 1 amide bonds. The van der Waals surface area contributed by atoms with Crippen molar-refractivity contribution in [3.05, 3.63) is 71.2 Å². The highest BCUT2D eigenvalue weighted by Gasteiger charge is 2.13. The van der Waals surface area contributed by atoms with Crippen molar-refractivity contribution in [3.8, 4) is 0 Å². The van der Waals surface area contributed by atoms with Crippen LogP contribution in [0.1, 0.15) is 10.4 Å². The molecule has 3 N–H and O–H groups in total. The highest BCUT2D eigenvalue weighted by Crippen LogP contribution is 2.14. The number of hydrogen-bond donors (Lipinski definition) is 3. The van der Waals surface area contributed by atoms with Gasteiger partial charge in [-0.1, -0.05) is 28.1 Å². The third kappa shape index (κ3) is 5.73. The fraction of sp³-hybridized carbons (Fsp3) is 0.0588. The number of anilines is 1. The minimum Gasteiger partial charge on any atom is -0.332 e. The Kier molecular flexibility index (Phi) is 7.04. The molecular formula is C17H16BrN3O3S2. The highest BCUT2D eigenvalue weighted by molar-refractivity contribution is 9.10. The first-order chi connectivity index (χ1) is 12.3. The van der Waals surface area contributed by atoms with Crippen LogP contribution in [0, 0.1) is 0 Å². The first kappa shape index (κ1) is 20.2. The van der Waals surface area contributed by atoms with Crippen molar-refractivity contribution in [2.75, 3.05) is 11.9 Å². The maximum atomic E-state index is 12.1. The first-order valence-electron chi connectivity index (χ1n) is 7.40. The molecular weight excluding hydrogens is 438 g/mol. The van der Waals surface area contributed by atoms with Crippen molar-refractivity contribution < 1.29 is 13.2 Å². The number of hydrogen-bond acceptors (Lipinski definition) is 4. The lowest BCUT2D eigenvalue weighted by molar-refractivity contribution is 0.0977. The molecule has 0 aromatic heterocycles. The fourth-order valence-corrected chi connectivity index (χ4v) is 3.54. The van der Waals surface area contributed by atoms with Crippen molar-refractivity contribution in [2.45, 2.75) is 4.90 Å². The van der Waals surface area contributed by atoms with Gasteiger partial charge in [-0.15, -0.1) is 6.58 Å². The van der Waals surface area contributed by atoms with Gasteiger partial charge in [-0.2, -0.15) is 0 Å². The minimum absolute atomic E-state index is 0.107. The van der Waals surface area contributed by atoms with Gasteiger partial charge in [-0.3, -0.25) is 10.1 Å². The number of halogens is 1. The molecule has 9 heteroatoms. The smallest absolute Gasteiger partial charge is 0.257 e. The van der Waals surface area contributed by atoms with E-state index in [-0.39, 0.29) is 22.5 Å². The zero-order valence-corrected chi connectivity index (χ0v) is 16.7. The van der Waals surface area contributed by atoms with Crippen molar-refractivity contribution in [1.29, 1.82) is 0 Å². The van der Waals surface area contributed by atoms with Gasteiger partial charge in [-0.25, -0.2) is 13.1 Å². The first-order valence-corrected chi connectivity index (χ1v) is 10.1. The topological polar surface area (TPSA) is 87.3 Å². The monoisotopic (exact) mass is 453 g/mol. The van der Waals surface area contributed by atoms with Gasteiger partial charge in [0.2, 0.25) is 10.0 Å². The molecule has 0 radical (unpaired) electrons. The average molecular weight is 454 g/mol. The van der Waals surface area contributed by atoms with Crippen LogP contribution in [-0.2, 0) is 10.0 Å². The molecule has 0 aliphatic carbocycles. The Morgan fingerprint density at radius 1 is 1.19 bits per heavy atom. The quantitative estimate of drug-likeness (QED) is 0.462. The number of benzene rings is 2. The summed E-state index contributed by atoms with van der Waals surface area (Å²) in [6, 6.07) is 12.9. The molecule has 2 aromatic carbocycles. The van der Waals surface area contributed by atoms with Crippen molar-refractivity contribution in [3.63, 3.8) is 0 Å². The summed E-state index contributed by atoms with van der Waals surface area (Å²) >= 11 is 8.41. The Morgan fingerprint density at radius 3 is 2.50 bits per heavy atom. The second-order valence-corrected chi connectivity index (χ2v) is 8.17. The molecule has 0 aliphatic rings. The molecule has 2 rings (SSSR count). The van der Waals surface area contributed by atoms with Gasteiger partial charge >= 0.3 is 0 Å². The summed E-state index contributed by atoms with van der Waals surface area (Å²) in [5.74, 6) is -0.350. The van der Waals surface area contributed by atoms with E-state index >= 15 is 0 Å². The van der Waals surface area contributed by atoms with Gasteiger partial charge in [0, 0.05) is 22.3 Å². The Morgan fingerprint density at radius 2 is 1.88 bits per heavy atom. The molecule has 26 heavy (non-hydrogen) atoms. The summed E-state index contributed by atoms with van der Waals surface area (Å²) in [5, 5.41) is 5.51. The number of nitrogens with one attached hydrogen (secondary N) is 3. The lowest BCUT2D eigenvalue weighted by atomic mass is 10.2. The molecule has 2 aromatic rings. The van der Waals surface area contributed by atoms with Crippen LogP contribution in [0.3, 0.4) is 0 Å². The lowest BCUT2D eigenvalue weighted by Gasteiger charge is -2.11. The fourth-order valence-electron chi connectivity index (χ4n) is 1.94. The summed E-state index contributed by atoms with van der Waals surface area (Å²) in [5.41, 5.74) is 1.01. The van der Waals surface area contributed by atoms with E-state index in [9.17, 15) is 13.2 Å². The molecule has 0 aliphatic heterocycles. The molecule has 0 bridgehead atoms. The van der Waals surface area contributed by atoms with Crippen molar-refractivity contribution in [1.82, 2.24) is 10.0 Å². The maximum Gasteiger partial charge on any atom is 0.257 e. The van der Waals surface area contributed by atoms with Gasteiger partial charge in [0.25, 0.3) is 5.91 Å². The Hall–Kier alpha value is -2.07. The van der Waals surface area contributed by atoms with Crippen LogP contribution in [-0.4, -0.2) is 26.0 Å². The molecule has 0 saturated carbocycles. The van der Waals surface area contributed by atoms with Crippen molar-refractivity contribution in [2.24, 2.45) is 0 Å². The SMILES string of the molecule is C=CCNS(=O)(=O)c1ccc(NC(=S)NC(=O)c2cccc(Br)c2)cc1. The van der Waals surface area contributed by atoms with Crippen LogP contribution in [0.15, 0.2) is 70.6 Å². The minimum atomic E-state index is -3.58. The zero-order chi connectivity index (χ0) is 19.2. The number of thiocarbonyl (C=S) groups is 1. The zero-order valence-electron chi connectivity index (χ0n) is 13.5. The number of carbonyl (C=O) groups excluding carboxylic acids is 1. The predicted molar refractivity (Wildman–Crippen MR) is 110 cm³/mol. The number of sulfonamides is 1. The van der Waals surface area contributed by atoms with Crippen LogP contribution >= 0.6 is 28.1 Å². The van der Waals surface area contributed by atoms with Gasteiger partial charge in [0.15, 0.2) is 5.11 Å². The van der Waals surface area contributed by atoms with Gasteiger partial charge in [0.05, 0.1) is 4.90 Å². The number of carbonyl (C=O) groups is 1. The highest BCUT2D eigenvalue weighted by atomic mass is 79.9. The second kappa shape index (κ2) is 9.04. The van der Waals surface area contributed by atoms with Gasteiger partial charge in [-0.05, 0) is 54.7 Å². The maximum absolute atomic E-state index is 12.1. The Labute approximate surface area is 165 Å². The standard InChI is InChI=1S/C17H16BrN3O3S2/c1-2-10-19-26(23,24)15-8-6-14(7-9-15)20-17(25)21-16(22)12-4-3-5-13(18)11-12/h2-9,11,19H,1,10H2,(H2,20,21,22,25). The Balaban J connectivity index is 1.99. The molecule has 0 saturated heterocycles. The summed E-state index contributed by atoms with van der Waals surface area (Å²) < 4.78 is 27.1. The van der Waals surface area contributed by atoms with E-state index in [2.05, 4.69) is 37.9 Å². The summed E-state index contributed by atoms with van der Waals surface area (Å²) in [7, 11) is -3.58. The lowest BCUT2D eigenvalue weighted by Crippen LogP contribution is -2.34. The third-order valence-electron chi connectivity index (χ3n) is 3.15. The van der Waals surface area contributed by atoms with Crippen molar-refractivity contribution >= 4 is 54.9 Å². The molecule has 0 atom stereocenters. The molecule has 6 nitrogen and oxygen atoms in total. The molecule has 0 unspecified atom stereocenters. The van der Waals surface area contributed by atoms with Crippen LogP contribution < -0.4 is 15.4 Å². The average Bonchev–Trinajstić information content (AvgIpc) is 2.60. The summed E-state index contributed by atoms with van der Waals surface area (Å²) in [4.78, 5) is 12.2. The molecule has 0 fully saturated rings. The second-order valence-electron chi connectivity index (χ2n) is 5.08. The van der Waals surface area contributed by atoms with E-state index < -0.39 is 10.0 Å². The number of rotatable bonds is 6. The molecule has 0 heterocycles. The number of amides is 1. The summed E-state index contributed by atoms with van der Waals surface area (Å²) in [6.45, 7) is 3.61.